The number of aryl methyl sites for hydroxylation is 1. The second kappa shape index (κ2) is 6.83. The normalized spacial score (nSPS) is 17.6. The molecule has 1 heterocycles. The number of likely N-dealkylation sites (tertiary alicyclic amines) is 1. The summed E-state index contributed by atoms with van der Waals surface area (Å²) < 4.78 is 25.1. The molecule has 1 aliphatic rings. The molecule has 0 bridgehead atoms. The van der Waals surface area contributed by atoms with Gasteiger partial charge in [-0.1, -0.05) is 51.5 Å². The monoisotopic (exact) mass is 255 g/mol. The van der Waals surface area contributed by atoms with Crippen molar-refractivity contribution < 1.29 is 8.78 Å². The zero-order valence-electron chi connectivity index (χ0n) is 11.5. The average molecular weight is 255 g/mol. The van der Waals surface area contributed by atoms with E-state index >= 15 is 0 Å². The summed E-state index contributed by atoms with van der Waals surface area (Å²) in [5, 5.41) is 0. The molecule has 0 atom stereocenters. The van der Waals surface area contributed by atoms with Crippen LogP contribution < -0.4 is 0 Å². The largest absolute Gasteiger partial charge is 0.287 e. The van der Waals surface area contributed by atoms with Gasteiger partial charge in [-0.2, -0.15) is 0 Å². The van der Waals surface area contributed by atoms with Gasteiger partial charge < -0.3 is 0 Å². The van der Waals surface area contributed by atoms with Crippen molar-refractivity contribution in [1.29, 1.82) is 0 Å². The number of hydrogen-bond acceptors (Lipinski definition) is 1. The van der Waals surface area contributed by atoms with Crippen molar-refractivity contribution in [2.24, 2.45) is 0 Å². The van der Waals surface area contributed by atoms with E-state index in [1.165, 1.54) is 12.0 Å². The van der Waals surface area contributed by atoms with Gasteiger partial charge in [0, 0.05) is 6.54 Å². The van der Waals surface area contributed by atoms with Crippen LogP contribution in [0.5, 0.6) is 0 Å². The summed E-state index contributed by atoms with van der Waals surface area (Å²) in [5.41, 5.74) is 2.40. The van der Waals surface area contributed by atoms with Crippen molar-refractivity contribution in [2.75, 3.05) is 13.1 Å². The zero-order valence-corrected chi connectivity index (χ0v) is 11.5. The number of hydrogen-bond donors (Lipinski definition) is 0. The lowest BCUT2D eigenvalue weighted by Crippen LogP contribution is -2.55. The molecule has 102 valence electrons. The smallest absolute Gasteiger partial charge is 0.272 e. The highest BCUT2D eigenvalue weighted by Gasteiger charge is 2.43. The molecule has 0 aliphatic carbocycles. The lowest BCUT2D eigenvalue weighted by Gasteiger charge is -2.38. The molecule has 0 radical (unpaired) electrons. The van der Waals surface area contributed by atoms with E-state index in [9.17, 15) is 8.78 Å². The van der Waals surface area contributed by atoms with Gasteiger partial charge in [0.15, 0.2) is 0 Å². The fourth-order valence-electron chi connectivity index (χ4n) is 1.86. The molecule has 0 spiro atoms. The van der Waals surface area contributed by atoms with E-state index in [1.807, 2.05) is 12.1 Å². The Morgan fingerprint density at radius 3 is 1.83 bits per heavy atom. The van der Waals surface area contributed by atoms with Crippen LogP contribution in [0.2, 0.25) is 0 Å². The van der Waals surface area contributed by atoms with E-state index in [1.54, 1.807) is 4.90 Å². The molecule has 0 unspecified atom stereocenters. The topological polar surface area (TPSA) is 3.24 Å². The first kappa shape index (κ1) is 15.1. The maximum Gasteiger partial charge on any atom is 0.272 e. The lowest BCUT2D eigenvalue weighted by atomic mass is 10.1. The third-order valence-corrected chi connectivity index (χ3v) is 2.75. The van der Waals surface area contributed by atoms with Crippen LogP contribution in [0.15, 0.2) is 24.3 Å². The molecule has 1 nitrogen and oxygen atoms in total. The molecule has 1 aliphatic heterocycles. The SMILES string of the molecule is CCC.CCc1ccc(CN2CC(F)(F)C2)cc1. The number of nitrogens with zero attached hydrogens (tertiary/aromatic N) is 1. The Kier molecular flexibility index (Phi) is 5.73. The van der Waals surface area contributed by atoms with Gasteiger partial charge in [0.25, 0.3) is 5.92 Å². The van der Waals surface area contributed by atoms with Crippen LogP contribution in [0.25, 0.3) is 0 Å². The number of halogens is 2. The zero-order chi connectivity index (χ0) is 13.6. The van der Waals surface area contributed by atoms with Crippen LogP contribution in [0.3, 0.4) is 0 Å². The van der Waals surface area contributed by atoms with Crippen LogP contribution >= 0.6 is 0 Å². The summed E-state index contributed by atoms with van der Waals surface area (Å²) in [6, 6.07) is 8.17. The minimum atomic E-state index is -2.46. The van der Waals surface area contributed by atoms with Crippen molar-refractivity contribution in [3.05, 3.63) is 35.4 Å². The molecular weight excluding hydrogens is 232 g/mol. The molecule has 0 aromatic heterocycles. The Hall–Kier alpha value is -0.960. The van der Waals surface area contributed by atoms with Gasteiger partial charge in [0.1, 0.15) is 0 Å². The van der Waals surface area contributed by atoms with Gasteiger partial charge in [-0.3, -0.25) is 4.90 Å². The summed E-state index contributed by atoms with van der Waals surface area (Å²) in [4.78, 5) is 1.76. The third kappa shape index (κ3) is 4.73. The number of benzene rings is 1. The maximum atomic E-state index is 12.6. The van der Waals surface area contributed by atoms with Crippen molar-refractivity contribution in [3.8, 4) is 0 Å². The van der Waals surface area contributed by atoms with Crippen LogP contribution in [0.4, 0.5) is 8.78 Å². The summed E-state index contributed by atoms with van der Waals surface area (Å²) in [6.45, 7) is 6.80. The lowest BCUT2D eigenvalue weighted by molar-refractivity contribution is -0.133. The Labute approximate surface area is 109 Å². The summed E-state index contributed by atoms with van der Waals surface area (Å²) in [6.07, 6.45) is 2.27. The first-order valence-corrected chi connectivity index (χ1v) is 6.68. The molecule has 1 fully saturated rings. The predicted molar refractivity (Wildman–Crippen MR) is 72.0 cm³/mol. The first-order chi connectivity index (χ1) is 8.50. The highest BCUT2D eigenvalue weighted by atomic mass is 19.3. The summed E-state index contributed by atoms with van der Waals surface area (Å²) in [5.74, 6) is -2.46. The van der Waals surface area contributed by atoms with Crippen molar-refractivity contribution in [3.63, 3.8) is 0 Å². The van der Waals surface area contributed by atoms with E-state index < -0.39 is 5.92 Å². The van der Waals surface area contributed by atoms with Gasteiger partial charge in [0.05, 0.1) is 13.1 Å². The highest BCUT2D eigenvalue weighted by Crippen LogP contribution is 2.27. The second-order valence-electron chi connectivity index (χ2n) is 4.88. The second-order valence-corrected chi connectivity index (χ2v) is 4.88. The Morgan fingerprint density at radius 2 is 1.44 bits per heavy atom. The molecule has 18 heavy (non-hydrogen) atoms. The van der Waals surface area contributed by atoms with E-state index in [0.717, 1.165) is 12.0 Å². The van der Waals surface area contributed by atoms with E-state index in [2.05, 4.69) is 32.9 Å². The van der Waals surface area contributed by atoms with Crippen molar-refractivity contribution in [1.82, 2.24) is 4.90 Å². The van der Waals surface area contributed by atoms with Gasteiger partial charge in [-0.25, -0.2) is 8.78 Å². The fourth-order valence-corrected chi connectivity index (χ4v) is 1.86. The van der Waals surface area contributed by atoms with Crippen LogP contribution in [-0.4, -0.2) is 23.9 Å². The standard InChI is InChI=1S/C12H15F2N.C3H8/c1-2-10-3-5-11(6-4-10)7-15-8-12(13,14)9-15;1-3-2/h3-6H,2,7-9H2,1H3;3H2,1-2H3. The Morgan fingerprint density at radius 1 is 1.00 bits per heavy atom. The van der Waals surface area contributed by atoms with Crippen LogP contribution in [0.1, 0.15) is 38.3 Å². The Balaban J connectivity index is 0.000000492. The maximum absolute atomic E-state index is 12.6. The van der Waals surface area contributed by atoms with Gasteiger partial charge in [0.2, 0.25) is 0 Å². The van der Waals surface area contributed by atoms with Gasteiger partial charge in [-0.05, 0) is 17.5 Å². The Bertz CT molecular complexity index is 338. The fraction of sp³-hybridized carbons (Fsp3) is 0.600. The average Bonchev–Trinajstić information content (AvgIpc) is 2.29. The number of alkyl halides is 2. The van der Waals surface area contributed by atoms with Crippen molar-refractivity contribution in [2.45, 2.75) is 46.1 Å². The predicted octanol–water partition coefficient (Wildman–Crippen LogP) is 4.12. The molecule has 0 amide bonds. The van der Waals surface area contributed by atoms with Crippen LogP contribution in [0, 0.1) is 0 Å². The van der Waals surface area contributed by atoms with E-state index in [-0.39, 0.29) is 13.1 Å². The quantitative estimate of drug-likeness (QED) is 0.785. The molecular formula is C15H23F2N. The summed E-state index contributed by atoms with van der Waals surface area (Å²) in [7, 11) is 0. The van der Waals surface area contributed by atoms with Crippen molar-refractivity contribution >= 4 is 0 Å². The molecule has 0 N–H and O–H groups in total. The number of rotatable bonds is 3. The van der Waals surface area contributed by atoms with Gasteiger partial charge >= 0.3 is 0 Å². The highest BCUT2D eigenvalue weighted by molar-refractivity contribution is 5.22. The molecule has 1 saturated heterocycles. The summed E-state index contributed by atoms with van der Waals surface area (Å²) >= 11 is 0. The van der Waals surface area contributed by atoms with E-state index in [4.69, 9.17) is 0 Å². The van der Waals surface area contributed by atoms with Crippen LogP contribution in [-0.2, 0) is 13.0 Å². The minimum absolute atomic E-state index is 0.0947. The molecule has 0 saturated carbocycles. The molecule has 2 rings (SSSR count). The molecule has 1 aromatic rings. The van der Waals surface area contributed by atoms with E-state index in [0.29, 0.717) is 6.54 Å². The minimum Gasteiger partial charge on any atom is -0.287 e. The molecule has 3 heteroatoms. The first-order valence-electron chi connectivity index (χ1n) is 6.68. The third-order valence-electron chi connectivity index (χ3n) is 2.75. The van der Waals surface area contributed by atoms with Gasteiger partial charge in [-0.15, -0.1) is 0 Å². The molecule has 1 aromatic carbocycles.